The van der Waals surface area contributed by atoms with Gasteiger partial charge in [0.15, 0.2) is 0 Å². The minimum Gasteiger partial charge on any atom is -0.367 e. The molecule has 0 radical (unpaired) electrons. The Morgan fingerprint density at radius 1 is 0.962 bits per heavy atom. The second-order valence-corrected chi connectivity index (χ2v) is 7.28. The Hall–Kier alpha value is -2.81. The first kappa shape index (κ1) is 16.6. The van der Waals surface area contributed by atoms with E-state index in [9.17, 15) is 4.79 Å². The van der Waals surface area contributed by atoms with Gasteiger partial charge in [-0.3, -0.25) is 4.79 Å². The van der Waals surface area contributed by atoms with Crippen molar-refractivity contribution in [3.05, 3.63) is 87.3 Å². The van der Waals surface area contributed by atoms with Crippen LogP contribution in [0.3, 0.4) is 0 Å². The van der Waals surface area contributed by atoms with Gasteiger partial charge in [-0.2, -0.15) is 0 Å². The fourth-order valence-corrected chi connectivity index (χ4v) is 3.94. The highest BCUT2D eigenvalue weighted by atomic mass is 16.1. The first-order valence-electron chi connectivity index (χ1n) is 9.13. The largest absolute Gasteiger partial charge is 0.367 e. The van der Waals surface area contributed by atoms with E-state index in [2.05, 4.69) is 54.3 Å². The lowest BCUT2D eigenvalue weighted by Crippen LogP contribution is -2.19. The average molecular weight is 344 g/mol. The number of hydrogen-bond donors (Lipinski definition) is 0. The molecule has 0 unspecified atom stereocenters. The van der Waals surface area contributed by atoms with Crippen LogP contribution in [-0.4, -0.2) is 11.1 Å². The lowest BCUT2D eigenvalue weighted by Gasteiger charge is -2.21. The molecule has 3 nitrogen and oxygen atoms in total. The van der Waals surface area contributed by atoms with Gasteiger partial charge in [0.2, 0.25) is 0 Å². The van der Waals surface area contributed by atoms with Crippen LogP contribution in [0.2, 0.25) is 0 Å². The Kier molecular flexibility index (Phi) is 4.15. The summed E-state index contributed by atoms with van der Waals surface area (Å²) in [5, 5.41) is 0. The molecule has 0 fully saturated rings. The van der Waals surface area contributed by atoms with Crippen LogP contribution in [0, 0.1) is 13.8 Å². The van der Waals surface area contributed by atoms with Crippen LogP contribution in [0.4, 0.5) is 5.69 Å². The van der Waals surface area contributed by atoms with E-state index in [4.69, 9.17) is 0 Å². The third-order valence-electron chi connectivity index (χ3n) is 5.33. The number of pyridine rings is 1. The predicted molar refractivity (Wildman–Crippen MR) is 108 cm³/mol. The molecule has 0 amide bonds. The van der Waals surface area contributed by atoms with Crippen LogP contribution in [0.25, 0.3) is 11.1 Å². The van der Waals surface area contributed by atoms with Gasteiger partial charge in [0.1, 0.15) is 0 Å². The Morgan fingerprint density at radius 3 is 2.42 bits per heavy atom. The third kappa shape index (κ3) is 2.94. The number of benzene rings is 2. The highest BCUT2D eigenvalue weighted by molar-refractivity contribution is 5.74. The van der Waals surface area contributed by atoms with Crippen LogP contribution < -0.4 is 10.5 Å². The SMILES string of the molecule is Cc1cc(-c2cc(C)c(=O)n(C)c2)cc2c1CCN2Cc1ccccc1. The van der Waals surface area contributed by atoms with Crippen LogP contribution in [0.15, 0.2) is 59.5 Å². The Morgan fingerprint density at radius 2 is 1.69 bits per heavy atom. The molecule has 1 aromatic heterocycles. The fraction of sp³-hybridized carbons (Fsp3) is 0.261. The maximum absolute atomic E-state index is 12.0. The zero-order chi connectivity index (χ0) is 18.3. The molecule has 1 aliphatic rings. The van der Waals surface area contributed by atoms with Crippen LogP contribution in [-0.2, 0) is 20.0 Å². The number of nitrogens with zero attached hydrogens (tertiary/aromatic N) is 2. The van der Waals surface area contributed by atoms with E-state index in [1.807, 2.05) is 26.2 Å². The second-order valence-electron chi connectivity index (χ2n) is 7.28. The fourth-order valence-electron chi connectivity index (χ4n) is 3.94. The Bertz CT molecular complexity index is 992. The van der Waals surface area contributed by atoms with Gasteiger partial charge in [-0.15, -0.1) is 0 Å². The Balaban J connectivity index is 1.75. The zero-order valence-electron chi connectivity index (χ0n) is 15.6. The van der Waals surface area contributed by atoms with Crippen molar-refractivity contribution >= 4 is 5.69 Å². The molecule has 2 heterocycles. The quantitative estimate of drug-likeness (QED) is 0.710. The molecule has 0 N–H and O–H groups in total. The lowest BCUT2D eigenvalue weighted by molar-refractivity contribution is 0.835. The summed E-state index contributed by atoms with van der Waals surface area (Å²) in [5.41, 5.74) is 8.58. The minimum absolute atomic E-state index is 0.0670. The molecule has 2 aromatic carbocycles. The van der Waals surface area contributed by atoms with Crippen LogP contribution in [0.1, 0.15) is 22.3 Å². The maximum Gasteiger partial charge on any atom is 0.253 e. The van der Waals surface area contributed by atoms with Gasteiger partial charge in [-0.1, -0.05) is 36.4 Å². The van der Waals surface area contributed by atoms with Crippen LogP contribution >= 0.6 is 0 Å². The molecule has 0 saturated heterocycles. The van der Waals surface area contributed by atoms with Crippen molar-refractivity contribution in [3.63, 3.8) is 0 Å². The molecule has 3 aromatic rings. The standard InChI is InChI=1S/C23H24N2O/c1-16-11-19(20-12-17(2)23(26)24(3)15-20)13-22-21(16)9-10-25(22)14-18-7-5-4-6-8-18/h4-8,11-13,15H,9-10,14H2,1-3H3. The first-order chi connectivity index (χ1) is 12.5. The number of aryl methyl sites for hydroxylation is 3. The van der Waals surface area contributed by atoms with E-state index in [-0.39, 0.29) is 5.56 Å². The van der Waals surface area contributed by atoms with Crippen molar-refractivity contribution in [3.8, 4) is 11.1 Å². The van der Waals surface area contributed by atoms with E-state index in [0.29, 0.717) is 0 Å². The minimum atomic E-state index is 0.0670. The number of rotatable bonds is 3. The van der Waals surface area contributed by atoms with Gasteiger partial charge >= 0.3 is 0 Å². The summed E-state index contributed by atoms with van der Waals surface area (Å²) in [7, 11) is 1.82. The number of anilines is 1. The summed E-state index contributed by atoms with van der Waals surface area (Å²) in [6.45, 7) is 6.07. The summed E-state index contributed by atoms with van der Waals surface area (Å²) in [4.78, 5) is 14.5. The Labute approximate surface area is 154 Å². The molecule has 0 saturated carbocycles. The molecule has 0 spiro atoms. The first-order valence-corrected chi connectivity index (χ1v) is 9.13. The van der Waals surface area contributed by atoms with Gasteiger partial charge in [0.05, 0.1) is 0 Å². The van der Waals surface area contributed by atoms with E-state index in [0.717, 1.165) is 30.6 Å². The van der Waals surface area contributed by atoms with E-state index in [1.54, 1.807) is 4.57 Å². The molecule has 1 aliphatic heterocycles. The van der Waals surface area contributed by atoms with Crippen LogP contribution in [0.5, 0.6) is 0 Å². The highest BCUT2D eigenvalue weighted by Gasteiger charge is 2.22. The van der Waals surface area contributed by atoms with Gasteiger partial charge in [-0.05, 0) is 60.2 Å². The van der Waals surface area contributed by atoms with Gasteiger partial charge in [0.25, 0.3) is 5.56 Å². The van der Waals surface area contributed by atoms with Crippen molar-refractivity contribution in [1.29, 1.82) is 0 Å². The summed E-state index contributed by atoms with van der Waals surface area (Å²) in [5.74, 6) is 0. The van der Waals surface area contributed by atoms with E-state index in [1.165, 1.54) is 27.9 Å². The number of aromatic nitrogens is 1. The summed E-state index contributed by atoms with van der Waals surface area (Å²) < 4.78 is 1.68. The van der Waals surface area contributed by atoms with Crippen molar-refractivity contribution in [1.82, 2.24) is 4.57 Å². The van der Waals surface area contributed by atoms with Crippen molar-refractivity contribution in [2.24, 2.45) is 7.05 Å². The smallest absolute Gasteiger partial charge is 0.253 e. The summed E-state index contributed by atoms with van der Waals surface area (Å²) in [6.07, 6.45) is 3.04. The van der Waals surface area contributed by atoms with E-state index >= 15 is 0 Å². The maximum atomic E-state index is 12.0. The number of fused-ring (bicyclic) bond motifs is 1. The van der Waals surface area contributed by atoms with Gasteiger partial charge < -0.3 is 9.47 Å². The molecule has 132 valence electrons. The molecule has 0 atom stereocenters. The molecule has 26 heavy (non-hydrogen) atoms. The monoisotopic (exact) mass is 344 g/mol. The number of hydrogen-bond acceptors (Lipinski definition) is 2. The van der Waals surface area contributed by atoms with E-state index < -0.39 is 0 Å². The lowest BCUT2D eigenvalue weighted by atomic mass is 9.98. The third-order valence-corrected chi connectivity index (χ3v) is 5.33. The van der Waals surface area contributed by atoms with Crippen molar-refractivity contribution in [2.75, 3.05) is 11.4 Å². The van der Waals surface area contributed by atoms with Crippen molar-refractivity contribution in [2.45, 2.75) is 26.8 Å². The predicted octanol–water partition coefficient (Wildman–Crippen LogP) is 4.23. The molecular weight excluding hydrogens is 320 g/mol. The molecular formula is C23H24N2O. The zero-order valence-corrected chi connectivity index (χ0v) is 15.6. The molecule has 0 aliphatic carbocycles. The molecule has 4 rings (SSSR count). The highest BCUT2D eigenvalue weighted by Crippen LogP contribution is 2.36. The normalized spacial score (nSPS) is 13.1. The molecule has 3 heteroatoms. The van der Waals surface area contributed by atoms with Crippen molar-refractivity contribution < 1.29 is 0 Å². The van der Waals surface area contributed by atoms with Gasteiger partial charge in [-0.25, -0.2) is 0 Å². The average Bonchev–Trinajstić information content (AvgIpc) is 3.03. The topological polar surface area (TPSA) is 25.2 Å². The summed E-state index contributed by atoms with van der Waals surface area (Å²) >= 11 is 0. The van der Waals surface area contributed by atoms with Gasteiger partial charge in [0, 0.05) is 37.6 Å². The second kappa shape index (κ2) is 6.49. The summed E-state index contributed by atoms with van der Waals surface area (Å²) in [6, 6.07) is 17.2. The molecule has 0 bridgehead atoms.